The molecule has 2 N–H and O–H groups in total. The molecule has 7 nitrogen and oxygen atoms in total. The topological polar surface area (TPSA) is 85.9 Å². The van der Waals surface area contributed by atoms with Gasteiger partial charge in [0.25, 0.3) is 0 Å². The van der Waals surface area contributed by atoms with Crippen LogP contribution in [-0.4, -0.2) is 31.8 Å². The van der Waals surface area contributed by atoms with Crippen LogP contribution in [0, 0.1) is 0 Å². The van der Waals surface area contributed by atoms with Crippen molar-refractivity contribution in [1.82, 2.24) is 0 Å². The van der Waals surface area contributed by atoms with Gasteiger partial charge in [0.05, 0.1) is 26.3 Å². The molecule has 0 saturated heterocycles. The van der Waals surface area contributed by atoms with E-state index in [2.05, 4.69) is 10.6 Å². The fourth-order valence-electron chi connectivity index (χ4n) is 2.47. The normalized spacial score (nSPS) is 10.8. The summed E-state index contributed by atoms with van der Waals surface area (Å²) < 4.78 is 15.7. The predicted octanol–water partition coefficient (Wildman–Crippen LogP) is 4.23. The molecule has 2 aromatic rings. The number of methoxy groups -OCH3 is 2. The molecular weight excluding hydrogens is 360 g/mol. The fraction of sp³-hybridized carbons (Fsp3) is 0.333. The molecule has 0 atom stereocenters. The Bertz CT molecular complexity index is 843. The fourth-order valence-corrected chi connectivity index (χ4v) is 2.47. The SMILES string of the molecule is COc1cccc(CC(=O)Nc2ccc(OC)c(NC(=O)OC(C)(C)C)c2)c1. The Balaban J connectivity index is 2.08. The van der Waals surface area contributed by atoms with Gasteiger partial charge < -0.3 is 19.5 Å². The van der Waals surface area contributed by atoms with Crippen molar-refractivity contribution < 1.29 is 23.8 Å². The van der Waals surface area contributed by atoms with E-state index in [0.717, 1.165) is 5.56 Å². The van der Waals surface area contributed by atoms with Crippen LogP contribution in [0.1, 0.15) is 26.3 Å². The van der Waals surface area contributed by atoms with Crippen molar-refractivity contribution in [1.29, 1.82) is 0 Å². The average Bonchev–Trinajstić information content (AvgIpc) is 2.60. The molecular formula is C21H26N2O5. The molecule has 0 fully saturated rings. The van der Waals surface area contributed by atoms with Crippen LogP contribution in [0.2, 0.25) is 0 Å². The van der Waals surface area contributed by atoms with Crippen LogP contribution in [0.5, 0.6) is 11.5 Å². The third-order valence-electron chi connectivity index (χ3n) is 3.62. The Kier molecular flexibility index (Phi) is 6.87. The number of carbonyl (C=O) groups is 2. The monoisotopic (exact) mass is 386 g/mol. The molecule has 0 heterocycles. The maximum atomic E-state index is 12.4. The van der Waals surface area contributed by atoms with Crippen LogP contribution in [0.15, 0.2) is 42.5 Å². The van der Waals surface area contributed by atoms with Crippen molar-refractivity contribution in [3.63, 3.8) is 0 Å². The second-order valence-electron chi connectivity index (χ2n) is 7.12. The van der Waals surface area contributed by atoms with E-state index in [1.165, 1.54) is 7.11 Å². The van der Waals surface area contributed by atoms with Crippen LogP contribution >= 0.6 is 0 Å². The summed E-state index contributed by atoms with van der Waals surface area (Å²) in [6, 6.07) is 12.3. The minimum Gasteiger partial charge on any atom is -0.497 e. The number of ether oxygens (including phenoxy) is 3. The highest BCUT2D eigenvalue weighted by Gasteiger charge is 2.18. The molecule has 0 radical (unpaired) electrons. The maximum Gasteiger partial charge on any atom is 0.412 e. The zero-order valence-corrected chi connectivity index (χ0v) is 16.8. The number of hydrogen-bond acceptors (Lipinski definition) is 5. The molecule has 0 unspecified atom stereocenters. The summed E-state index contributed by atoms with van der Waals surface area (Å²) in [5.74, 6) is 0.955. The minimum absolute atomic E-state index is 0.193. The van der Waals surface area contributed by atoms with Crippen molar-refractivity contribution in [3.8, 4) is 11.5 Å². The molecule has 2 rings (SSSR count). The number of amides is 2. The van der Waals surface area contributed by atoms with Crippen molar-refractivity contribution >= 4 is 23.4 Å². The van der Waals surface area contributed by atoms with Crippen molar-refractivity contribution in [2.24, 2.45) is 0 Å². The molecule has 2 amide bonds. The molecule has 2 aromatic carbocycles. The van der Waals surface area contributed by atoms with Gasteiger partial charge in [0.15, 0.2) is 0 Å². The maximum absolute atomic E-state index is 12.4. The van der Waals surface area contributed by atoms with Gasteiger partial charge in [0.2, 0.25) is 5.91 Å². The molecule has 7 heteroatoms. The first-order chi connectivity index (χ1) is 13.2. The Labute approximate surface area is 165 Å². The summed E-state index contributed by atoms with van der Waals surface area (Å²) >= 11 is 0. The quantitative estimate of drug-likeness (QED) is 0.776. The van der Waals surface area contributed by atoms with E-state index < -0.39 is 11.7 Å². The lowest BCUT2D eigenvalue weighted by molar-refractivity contribution is -0.115. The van der Waals surface area contributed by atoms with Crippen LogP contribution < -0.4 is 20.1 Å². The van der Waals surface area contributed by atoms with Gasteiger partial charge in [-0.3, -0.25) is 10.1 Å². The Hall–Kier alpha value is -3.22. The van der Waals surface area contributed by atoms with Crippen molar-refractivity contribution in [3.05, 3.63) is 48.0 Å². The van der Waals surface area contributed by atoms with Crippen LogP contribution in [-0.2, 0) is 16.0 Å². The van der Waals surface area contributed by atoms with E-state index in [-0.39, 0.29) is 12.3 Å². The van der Waals surface area contributed by atoms with Gasteiger partial charge in [-0.2, -0.15) is 0 Å². The molecule has 0 saturated carbocycles. The highest BCUT2D eigenvalue weighted by Crippen LogP contribution is 2.28. The standard InChI is InChI=1S/C21H26N2O5/c1-21(2,3)28-20(25)23-17-13-15(9-10-18(17)27-5)22-19(24)12-14-7-6-8-16(11-14)26-4/h6-11,13H,12H2,1-5H3,(H,22,24)(H,23,25). The molecule has 0 aliphatic heterocycles. The van der Waals surface area contributed by atoms with Crippen molar-refractivity contribution in [2.45, 2.75) is 32.8 Å². The van der Waals surface area contributed by atoms with Gasteiger partial charge in [0, 0.05) is 5.69 Å². The van der Waals surface area contributed by atoms with Gasteiger partial charge in [0.1, 0.15) is 17.1 Å². The second-order valence-corrected chi connectivity index (χ2v) is 7.12. The van der Waals surface area contributed by atoms with E-state index in [1.807, 2.05) is 24.3 Å². The lowest BCUT2D eigenvalue weighted by Gasteiger charge is -2.20. The van der Waals surface area contributed by atoms with Crippen LogP contribution in [0.25, 0.3) is 0 Å². The zero-order chi connectivity index (χ0) is 20.7. The van der Waals surface area contributed by atoms with E-state index in [4.69, 9.17) is 14.2 Å². The van der Waals surface area contributed by atoms with Crippen LogP contribution in [0.3, 0.4) is 0 Å². The molecule has 150 valence electrons. The molecule has 0 aliphatic carbocycles. The average molecular weight is 386 g/mol. The third-order valence-corrected chi connectivity index (χ3v) is 3.62. The van der Waals surface area contributed by atoms with Gasteiger partial charge in [-0.1, -0.05) is 12.1 Å². The van der Waals surface area contributed by atoms with Gasteiger partial charge in [-0.05, 0) is 56.7 Å². The number of anilines is 2. The summed E-state index contributed by atoms with van der Waals surface area (Å²) in [5, 5.41) is 5.46. The summed E-state index contributed by atoms with van der Waals surface area (Å²) in [4.78, 5) is 24.4. The summed E-state index contributed by atoms with van der Waals surface area (Å²) in [5.41, 5.74) is 1.13. The first-order valence-electron chi connectivity index (χ1n) is 8.81. The van der Waals surface area contributed by atoms with E-state index >= 15 is 0 Å². The first-order valence-corrected chi connectivity index (χ1v) is 8.81. The minimum atomic E-state index is -0.625. The Morgan fingerprint density at radius 1 is 0.964 bits per heavy atom. The largest absolute Gasteiger partial charge is 0.497 e. The smallest absolute Gasteiger partial charge is 0.412 e. The first kappa shape index (κ1) is 21.1. The van der Waals surface area contributed by atoms with E-state index in [0.29, 0.717) is 22.9 Å². The van der Waals surface area contributed by atoms with Gasteiger partial charge in [-0.15, -0.1) is 0 Å². The molecule has 0 bridgehead atoms. The number of benzene rings is 2. The predicted molar refractivity (Wildman–Crippen MR) is 108 cm³/mol. The summed E-state index contributed by atoms with van der Waals surface area (Å²) in [7, 11) is 3.08. The van der Waals surface area contributed by atoms with Crippen LogP contribution in [0.4, 0.5) is 16.2 Å². The lowest BCUT2D eigenvalue weighted by Crippen LogP contribution is -2.27. The summed E-state index contributed by atoms with van der Waals surface area (Å²) in [6.07, 6.45) is -0.413. The summed E-state index contributed by atoms with van der Waals surface area (Å²) in [6.45, 7) is 5.33. The lowest BCUT2D eigenvalue weighted by atomic mass is 10.1. The number of hydrogen-bond donors (Lipinski definition) is 2. The number of rotatable bonds is 6. The van der Waals surface area contributed by atoms with E-state index in [1.54, 1.807) is 46.1 Å². The highest BCUT2D eigenvalue weighted by molar-refractivity contribution is 5.94. The van der Waals surface area contributed by atoms with Gasteiger partial charge >= 0.3 is 6.09 Å². The molecule has 0 aliphatic rings. The third kappa shape index (κ3) is 6.50. The molecule has 0 spiro atoms. The second kappa shape index (κ2) is 9.12. The zero-order valence-electron chi connectivity index (χ0n) is 16.8. The van der Waals surface area contributed by atoms with Crippen molar-refractivity contribution in [2.75, 3.05) is 24.9 Å². The Morgan fingerprint density at radius 2 is 1.71 bits per heavy atom. The van der Waals surface area contributed by atoms with E-state index in [9.17, 15) is 9.59 Å². The number of carbonyl (C=O) groups excluding carboxylic acids is 2. The molecule has 0 aromatic heterocycles. The molecule has 28 heavy (non-hydrogen) atoms. The van der Waals surface area contributed by atoms with Gasteiger partial charge in [-0.25, -0.2) is 4.79 Å². The highest BCUT2D eigenvalue weighted by atomic mass is 16.6. The Morgan fingerprint density at radius 3 is 2.36 bits per heavy atom. The number of nitrogens with one attached hydrogen (secondary N) is 2.